The minimum absolute atomic E-state index is 0.424. The molecule has 0 unspecified atom stereocenters. The summed E-state index contributed by atoms with van der Waals surface area (Å²) >= 11 is 0. The predicted molar refractivity (Wildman–Crippen MR) is 127 cm³/mol. The van der Waals surface area contributed by atoms with E-state index in [9.17, 15) is 4.79 Å². The van der Waals surface area contributed by atoms with Crippen molar-refractivity contribution in [3.8, 4) is 11.5 Å². The fraction of sp³-hybridized carbons (Fsp3) is 0.708. The first kappa shape index (κ1) is 26.3. The first-order valence-electron chi connectivity index (χ1n) is 11.6. The number of amides is 1. The molecule has 0 atom stereocenters. The van der Waals surface area contributed by atoms with Crippen molar-refractivity contribution >= 4 is 18.7 Å². The van der Waals surface area contributed by atoms with Crippen molar-refractivity contribution < 1.29 is 28.3 Å². The summed E-state index contributed by atoms with van der Waals surface area (Å²) in [5.41, 5.74) is -0.502. The van der Waals surface area contributed by atoms with E-state index in [0.29, 0.717) is 31.9 Å². The lowest BCUT2D eigenvalue weighted by molar-refractivity contribution is 0.00578. The van der Waals surface area contributed by atoms with Crippen molar-refractivity contribution in [3.05, 3.63) is 18.2 Å². The fourth-order valence-corrected chi connectivity index (χ4v) is 2.98. The highest BCUT2D eigenvalue weighted by atomic mass is 16.7. The van der Waals surface area contributed by atoms with Crippen LogP contribution in [0.15, 0.2) is 18.2 Å². The van der Waals surface area contributed by atoms with Gasteiger partial charge in [-0.25, -0.2) is 4.79 Å². The maximum absolute atomic E-state index is 11.7. The number of carbonyl (C=O) groups is 1. The van der Waals surface area contributed by atoms with Crippen LogP contribution in [0.1, 0.15) is 74.7 Å². The molecule has 1 N–H and O–H groups in total. The van der Waals surface area contributed by atoms with Crippen LogP contribution in [0.25, 0.3) is 0 Å². The van der Waals surface area contributed by atoms with Gasteiger partial charge in [0.1, 0.15) is 17.1 Å². The zero-order chi connectivity index (χ0) is 24.0. The molecule has 0 saturated carbocycles. The fourth-order valence-electron chi connectivity index (χ4n) is 2.98. The van der Waals surface area contributed by atoms with Crippen molar-refractivity contribution in [2.75, 3.05) is 19.8 Å². The standard InChI is InChI=1S/C24H40BNO6/c1-9-10-13-28-19-15-18(25-31-23(5,6)24(7,8)32-25)16-20(17-19)29-14-11-12-26-21(27)30-22(2,3)4/h15-17H,9-14H2,1-8H3,(H,26,27). The Morgan fingerprint density at radius 2 is 1.50 bits per heavy atom. The first-order valence-corrected chi connectivity index (χ1v) is 11.6. The van der Waals surface area contributed by atoms with E-state index in [1.165, 1.54) is 0 Å². The van der Waals surface area contributed by atoms with E-state index < -0.39 is 30.0 Å². The highest BCUT2D eigenvalue weighted by Gasteiger charge is 2.51. The summed E-state index contributed by atoms with van der Waals surface area (Å²) in [6.45, 7) is 17.3. The monoisotopic (exact) mass is 449 g/mol. The van der Waals surface area contributed by atoms with Gasteiger partial charge in [-0.05, 0) is 78.9 Å². The van der Waals surface area contributed by atoms with Crippen molar-refractivity contribution in [1.29, 1.82) is 0 Å². The van der Waals surface area contributed by atoms with E-state index in [1.54, 1.807) is 0 Å². The number of hydrogen-bond donors (Lipinski definition) is 1. The molecular formula is C24H40BNO6. The second-order valence-electron chi connectivity index (χ2n) is 10.2. The van der Waals surface area contributed by atoms with E-state index in [1.807, 2.05) is 66.7 Å². The summed E-state index contributed by atoms with van der Waals surface area (Å²) in [6.07, 6.45) is 2.26. The lowest BCUT2D eigenvalue weighted by Gasteiger charge is -2.32. The van der Waals surface area contributed by atoms with E-state index in [-0.39, 0.29) is 0 Å². The minimum Gasteiger partial charge on any atom is -0.493 e. The lowest BCUT2D eigenvalue weighted by Crippen LogP contribution is -2.41. The van der Waals surface area contributed by atoms with Gasteiger partial charge in [-0.3, -0.25) is 0 Å². The van der Waals surface area contributed by atoms with E-state index in [2.05, 4.69) is 12.2 Å². The molecule has 0 aliphatic carbocycles. The van der Waals surface area contributed by atoms with Gasteiger partial charge in [0.05, 0.1) is 24.4 Å². The van der Waals surface area contributed by atoms with Crippen LogP contribution in [0, 0.1) is 0 Å². The van der Waals surface area contributed by atoms with Crippen LogP contribution < -0.4 is 20.3 Å². The Hall–Kier alpha value is -1.93. The van der Waals surface area contributed by atoms with Crippen LogP contribution in [-0.2, 0) is 14.0 Å². The van der Waals surface area contributed by atoms with E-state index in [4.69, 9.17) is 23.5 Å². The minimum atomic E-state index is -0.511. The van der Waals surface area contributed by atoms with Crippen LogP contribution in [0.4, 0.5) is 4.79 Å². The molecule has 1 aliphatic rings. The highest BCUT2D eigenvalue weighted by molar-refractivity contribution is 6.62. The van der Waals surface area contributed by atoms with Gasteiger partial charge in [-0.2, -0.15) is 0 Å². The van der Waals surface area contributed by atoms with Gasteiger partial charge in [0.2, 0.25) is 0 Å². The average Bonchev–Trinajstić information content (AvgIpc) is 2.87. The molecule has 8 heteroatoms. The zero-order valence-corrected chi connectivity index (χ0v) is 21.0. The van der Waals surface area contributed by atoms with E-state index in [0.717, 1.165) is 24.1 Å². The van der Waals surface area contributed by atoms with Gasteiger partial charge >= 0.3 is 13.2 Å². The lowest BCUT2D eigenvalue weighted by atomic mass is 9.79. The number of hydrogen-bond acceptors (Lipinski definition) is 6. The second-order valence-corrected chi connectivity index (χ2v) is 10.2. The maximum atomic E-state index is 11.7. The van der Waals surface area contributed by atoms with Gasteiger partial charge in [0.25, 0.3) is 0 Å². The van der Waals surface area contributed by atoms with Crippen LogP contribution in [0.3, 0.4) is 0 Å². The molecule has 1 saturated heterocycles. The smallest absolute Gasteiger partial charge is 0.493 e. The molecule has 1 amide bonds. The van der Waals surface area contributed by atoms with Crippen molar-refractivity contribution in [1.82, 2.24) is 5.32 Å². The van der Waals surface area contributed by atoms with Crippen molar-refractivity contribution in [2.24, 2.45) is 0 Å². The summed E-state index contributed by atoms with van der Waals surface area (Å²) in [5.74, 6) is 1.41. The Morgan fingerprint density at radius 3 is 2.00 bits per heavy atom. The third-order valence-corrected chi connectivity index (χ3v) is 5.45. The molecule has 1 aromatic carbocycles. The average molecular weight is 449 g/mol. The Kier molecular flexibility index (Phi) is 8.88. The van der Waals surface area contributed by atoms with Crippen LogP contribution in [-0.4, -0.2) is 49.8 Å². The van der Waals surface area contributed by atoms with Crippen LogP contribution in [0.2, 0.25) is 0 Å². The van der Waals surface area contributed by atoms with Crippen molar-refractivity contribution in [3.63, 3.8) is 0 Å². The summed E-state index contributed by atoms with van der Waals surface area (Å²) < 4.78 is 29.5. The quantitative estimate of drug-likeness (QED) is 0.420. The molecule has 0 radical (unpaired) electrons. The second kappa shape index (κ2) is 10.8. The Labute approximate surface area is 193 Å². The van der Waals surface area contributed by atoms with Crippen LogP contribution in [0.5, 0.6) is 11.5 Å². The molecule has 0 spiro atoms. The largest absolute Gasteiger partial charge is 0.495 e. The topological polar surface area (TPSA) is 75.3 Å². The molecule has 1 heterocycles. The molecule has 0 bridgehead atoms. The molecule has 0 aromatic heterocycles. The van der Waals surface area contributed by atoms with Gasteiger partial charge in [-0.15, -0.1) is 0 Å². The Bertz CT molecular complexity index is 743. The molecular weight excluding hydrogens is 409 g/mol. The SMILES string of the molecule is CCCCOc1cc(OCCCNC(=O)OC(C)(C)C)cc(B2OC(C)(C)C(C)(C)O2)c1. The van der Waals surface area contributed by atoms with Gasteiger partial charge < -0.3 is 28.8 Å². The number of carbonyl (C=O) groups excluding carboxylic acids is 1. The first-order chi connectivity index (χ1) is 14.8. The summed E-state index contributed by atoms with van der Waals surface area (Å²) in [6, 6.07) is 5.76. The maximum Gasteiger partial charge on any atom is 0.495 e. The molecule has 7 nitrogen and oxygen atoms in total. The van der Waals surface area contributed by atoms with Gasteiger partial charge in [0, 0.05) is 12.6 Å². The molecule has 2 rings (SSSR count). The summed E-state index contributed by atoms with van der Waals surface area (Å²) in [5, 5.41) is 2.74. The molecule has 1 aromatic rings. The summed E-state index contributed by atoms with van der Waals surface area (Å²) in [4.78, 5) is 11.7. The third-order valence-electron chi connectivity index (χ3n) is 5.45. The third kappa shape index (κ3) is 7.89. The van der Waals surface area contributed by atoms with Gasteiger partial charge in [0.15, 0.2) is 0 Å². The molecule has 32 heavy (non-hydrogen) atoms. The number of rotatable bonds is 10. The number of benzene rings is 1. The molecule has 1 aliphatic heterocycles. The number of alkyl carbamates (subject to hydrolysis) is 1. The summed E-state index contributed by atoms with van der Waals surface area (Å²) in [7, 11) is -0.495. The molecule has 180 valence electrons. The normalized spacial score (nSPS) is 17.2. The Balaban J connectivity index is 1.99. The molecule has 1 fully saturated rings. The number of nitrogens with one attached hydrogen (secondary N) is 1. The van der Waals surface area contributed by atoms with Crippen LogP contribution >= 0.6 is 0 Å². The Morgan fingerprint density at radius 1 is 0.969 bits per heavy atom. The van der Waals surface area contributed by atoms with Crippen molar-refractivity contribution in [2.45, 2.75) is 91.5 Å². The van der Waals surface area contributed by atoms with E-state index >= 15 is 0 Å². The highest BCUT2D eigenvalue weighted by Crippen LogP contribution is 2.37. The van der Waals surface area contributed by atoms with Gasteiger partial charge in [-0.1, -0.05) is 13.3 Å². The number of unbranched alkanes of at least 4 members (excludes halogenated alkanes) is 1. The zero-order valence-electron chi connectivity index (χ0n) is 21.0. The number of ether oxygens (including phenoxy) is 3. The predicted octanol–water partition coefficient (Wildman–Crippen LogP) is 4.46.